The summed E-state index contributed by atoms with van der Waals surface area (Å²) in [6, 6.07) is 3.87. The topological polar surface area (TPSA) is 59.8 Å². The molecule has 0 atom stereocenters. The average molecular weight is 272 g/mol. The standard InChI is InChI=1S/C15H20N4O/c1-11(2)8-15(20)18-10-13-4-5-17-14(9-13)19-7-6-16-12(19)3/h4-7,9,11H,8,10H2,1-3H3,(H,18,20). The van der Waals surface area contributed by atoms with Crippen LogP contribution in [0.4, 0.5) is 0 Å². The SMILES string of the molecule is Cc1nccn1-c1cc(CNC(=O)CC(C)C)ccn1. The van der Waals surface area contributed by atoms with Gasteiger partial charge in [0, 0.05) is 31.6 Å². The number of aryl methyl sites for hydroxylation is 1. The number of carbonyl (C=O) groups excluding carboxylic acids is 1. The second kappa shape index (κ2) is 6.32. The highest BCUT2D eigenvalue weighted by molar-refractivity contribution is 5.76. The summed E-state index contributed by atoms with van der Waals surface area (Å²) in [6.45, 7) is 6.52. The van der Waals surface area contributed by atoms with E-state index in [0.29, 0.717) is 18.9 Å². The zero-order chi connectivity index (χ0) is 14.5. The number of aromatic nitrogens is 3. The van der Waals surface area contributed by atoms with Crippen LogP contribution in [-0.2, 0) is 11.3 Å². The summed E-state index contributed by atoms with van der Waals surface area (Å²) in [5.74, 6) is 2.16. The van der Waals surface area contributed by atoms with E-state index < -0.39 is 0 Å². The third-order valence-corrected chi connectivity index (χ3v) is 2.97. The summed E-state index contributed by atoms with van der Waals surface area (Å²) < 4.78 is 1.92. The smallest absolute Gasteiger partial charge is 0.220 e. The number of imidazole rings is 1. The van der Waals surface area contributed by atoms with E-state index in [4.69, 9.17) is 0 Å². The van der Waals surface area contributed by atoms with Crippen LogP contribution >= 0.6 is 0 Å². The molecule has 0 radical (unpaired) electrons. The zero-order valence-electron chi connectivity index (χ0n) is 12.1. The van der Waals surface area contributed by atoms with Gasteiger partial charge in [0.1, 0.15) is 11.6 Å². The molecule has 2 aromatic heterocycles. The quantitative estimate of drug-likeness (QED) is 0.908. The molecule has 5 heteroatoms. The number of pyridine rings is 1. The van der Waals surface area contributed by atoms with Gasteiger partial charge >= 0.3 is 0 Å². The summed E-state index contributed by atoms with van der Waals surface area (Å²) in [5.41, 5.74) is 1.03. The number of hydrogen-bond acceptors (Lipinski definition) is 3. The summed E-state index contributed by atoms with van der Waals surface area (Å²) in [6.07, 6.45) is 5.92. The second-order valence-electron chi connectivity index (χ2n) is 5.24. The van der Waals surface area contributed by atoms with Crippen molar-refractivity contribution in [3.63, 3.8) is 0 Å². The van der Waals surface area contributed by atoms with Gasteiger partial charge in [-0.05, 0) is 30.5 Å². The van der Waals surface area contributed by atoms with Gasteiger partial charge in [0.05, 0.1) is 0 Å². The molecule has 0 unspecified atom stereocenters. The van der Waals surface area contributed by atoms with E-state index in [9.17, 15) is 4.79 Å². The molecule has 2 heterocycles. The molecule has 20 heavy (non-hydrogen) atoms. The third-order valence-electron chi connectivity index (χ3n) is 2.97. The molecule has 106 valence electrons. The fourth-order valence-corrected chi connectivity index (χ4v) is 1.97. The molecule has 0 saturated carbocycles. The molecule has 0 aliphatic rings. The zero-order valence-corrected chi connectivity index (χ0v) is 12.1. The predicted molar refractivity (Wildman–Crippen MR) is 77.4 cm³/mol. The molecule has 0 aromatic carbocycles. The Kier molecular flexibility index (Phi) is 4.50. The molecule has 0 saturated heterocycles. The van der Waals surface area contributed by atoms with E-state index in [1.165, 1.54) is 0 Å². The molecular formula is C15H20N4O. The highest BCUT2D eigenvalue weighted by atomic mass is 16.1. The number of nitrogens with zero attached hydrogens (tertiary/aromatic N) is 3. The minimum atomic E-state index is 0.0807. The molecule has 0 aliphatic heterocycles. The molecule has 0 bridgehead atoms. The van der Waals surface area contributed by atoms with E-state index in [0.717, 1.165) is 17.2 Å². The van der Waals surface area contributed by atoms with Crippen LogP contribution in [0, 0.1) is 12.8 Å². The van der Waals surface area contributed by atoms with Gasteiger partial charge in [0.2, 0.25) is 5.91 Å². The average Bonchev–Trinajstić information content (AvgIpc) is 2.82. The van der Waals surface area contributed by atoms with E-state index in [-0.39, 0.29) is 5.91 Å². The fraction of sp³-hybridized carbons (Fsp3) is 0.400. The maximum Gasteiger partial charge on any atom is 0.220 e. The summed E-state index contributed by atoms with van der Waals surface area (Å²) >= 11 is 0. The maximum absolute atomic E-state index is 11.7. The summed E-state index contributed by atoms with van der Waals surface area (Å²) in [7, 11) is 0. The van der Waals surface area contributed by atoms with E-state index in [1.54, 1.807) is 12.4 Å². The van der Waals surface area contributed by atoms with Crippen molar-refractivity contribution in [2.75, 3.05) is 0 Å². The number of nitrogens with one attached hydrogen (secondary N) is 1. The Balaban J connectivity index is 2.04. The molecule has 0 aliphatic carbocycles. The van der Waals surface area contributed by atoms with E-state index in [1.807, 2.05) is 43.7 Å². The minimum Gasteiger partial charge on any atom is -0.352 e. The molecule has 5 nitrogen and oxygen atoms in total. The Labute approximate surface area is 119 Å². The predicted octanol–water partition coefficient (Wildman–Crippen LogP) is 2.24. The van der Waals surface area contributed by atoms with Crippen molar-refractivity contribution in [2.24, 2.45) is 5.92 Å². The number of carbonyl (C=O) groups is 1. The first-order chi connectivity index (χ1) is 9.56. The molecule has 2 aromatic rings. The second-order valence-corrected chi connectivity index (χ2v) is 5.24. The Hall–Kier alpha value is -2.17. The normalized spacial score (nSPS) is 10.8. The Morgan fingerprint density at radius 3 is 2.80 bits per heavy atom. The van der Waals surface area contributed by atoms with Gasteiger partial charge in [-0.3, -0.25) is 9.36 Å². The van der Waals surface area contributed by atoms with Gasteiger partial charge in [-0.2, -0.15) is 0 Å². The van der Waals surface area contributed by atoms with Crippen molar-refractivity contribution in [1.82, 2.24) is 19.9 Å². The fourth-order valence-electron chi connectivity index (χ4n) is 1.97. The van der Waals surface area contributed by atoms with E-state index in [2.05, 4.69) is 15.3 Å². The van der Waals surface area contributed by atoms with Gasteiger partial charge in [0.25, 0.3) is 0 Å². The first kappa shape index (κ1) is 14.2. The molecule has 0 fully saturated rings. The van der Waals surface area contributed by atoms with Crippen molar-refractivity contribution < 1.29 is 4.79 Å². The van der Waals surface area contributed by atoms with Gasteiger partial charge in [0.15, 0.2) is 0 Å². The van der Waals surface area contributed by atoms with Crippen molar-refractivity contribution in [3.8, 4) is 5.82 Å². The van der Waals surface area contributed by atoms with Crippen LogP contribution in [0.3, 0.4) is 0 Å². The molecule has 1 amide bonds. The van der Waals surface area contributed by atoms with E-state index >= 15 is 0 Å². The van der Waals surface area contributed by atoms with Crippen molar-refractivity contribution in [2.45, 2.75) is 33.7 Å². The first-order valence-electron chi connectivity index (χ1n) is 6.78. The van der Waals surface area contributed by atoms with Gasteiger partial charge in [-0.15, -0.1) is 0 Å². The third kappa shape index (κ3) is 3.66. The van der Waals surface area contributed by atoms with Crippen LogP contribution in [0.1, 0.15) is 31.7 Å². The lowest BCUT2D eigenvalue weighted by molar-refractivity contribution is -0.121. The minimum absolute atomic E-state index is 0.0807. The Bertz CT molecular complexity index is 589. The van der Waals surface area contributed by atoms with Crippen LogP contribution in [-0.4, -0.2) is 20.4 Å². The number of amides is 1. The van der Waals surface area contributed by atoms with Crippen LogP contribution in [0.25, 0.3) is 5.82 Å². The lowest BCUT2D eigenvalue weighted by Crippen LogP contribution is -2.24. The summed E-state index contributed by atoms with van der Waals surface area (Å²) in [4.78, 5) is 20.2. The number of hydrogen-bond donors (Lipinski definition) is 1. The molecule has 1 N–H and O–H groups in total. The van der Waals surface area contributed by atoms with Gasteiger partial charge in [-0.1, -0.05) is 13.8 Å². The van der Waals surface area contributed by atoms with Crippen molar-refractivity contribution >= 4 is 5.91 Å². The van der Waals surface area contributed by atoms with Crippen molar-refractivity contribution in [1.29, 1.82) is 0 Å². The first-order valence-corrected chi connectivity index (χ1v) is 6.78. The van der Waals surface area contributed by atoms with Crippen LogP contribution in [0.15, 0.2) is 30.7 Å². The highest BCUT2D eigenvalue weighted by Gasteiger charge is 2.06. The maximum atomic E-state index is 11.7. The largest absolute Gasteiger partial charge is 0.352 e. The lowest BCUT2D eigenvalue weighted by atomic mass is 10.1. The molecule has 0 spiro atoms. The van der Waals surface area contributed by atoms with Crippen molar-refractivity contribution in [3.05, 3.63) is 42.1 Å². The van der Waals surface area contributed by atoms with Crippen LogP contribution < -0.4 is 5.32 Å². The monoisotopic (exact) mass is 272 g/mol. The van der Waals surface area contributed by atoms with Crippen LogP contribution in [0.2, 0.25) is 0 Å². The van der Waals surface area contributed by atoms with Crippen LogP contribution in [0.5, 0.6) is 0 Å². The van der Waals surface area contributed by atoms with Gasteiger partial charge < -0.3 is 5.32 Å². The van der Waals surface area contributed by atoms with Gasteiger partial charge in [-0.25, -0.2) is 9.97 Å². The number of rotatable bonds is 5. The highest BCUT2D eigenvalue weighted by Crippen LogP contribution is 2.09. The Morgan fingerprint density at radius 2 is 2.15 bits per heavy atom. The summed E-state index contributed by atoms with van der Waals surface area (Å²) in [5, 5.41) is 2.93. The Morgan fingerprint density at radius 1 is 1.35 bits per heavy atom. The molecular weight excluding hydrogens is 252 g/mol. The molecule has 2 rings (SSSR count). The lowest BCUT2D eigenvalue weighted by Gasteiger charge is -2.09.